The summed E-state index contributed by atoms with van der Waals surface area (Å²) in [6, 6.07) is 17.7. The molecule has 150 valence electrons. The second-order valence-corrected chi connectivity index (χ2v) is 8.00. The summed E-state index contributed by atoms with van der Waals surface area (Å²) in [4.78, 5) is 14.9. The summed E-state index contributed by atoms with van der Waals surface area (Å²) < 4.78 is 1.98. The van der Waals surface area contributed by atoms with Crippen LogP contribution in [0.2, 0.25) is 5.02 Å². The van der Waals surface area contributed by atoms with Gasteiger partial charge in [0.2, 0.25) is 0 Å². The van der Waals surface area contributed by atoms with E-state index in [1.807, 2.05) is 65.9 Å². The molecule has 3 aromatic rings. The molecule has 1 N–H and O–H groups in total. The van der Waals surface area contributed by atoms with Crippen LogP contribution in [0.15, 0.2) is 54.6 Å². The number of anilines is 1. The minimum absolute atomic E-state index is 0.0154. The first-order chi connectivity index (χ1) is 14.0. The van der Waals surface area contributed by atoms with Crippen LogP contribution in [0.25, 0.3) is 0 Å². The van der Waals surface area contributed by atoms with Crippen LogP contribution in [0.4, 0.5) is 10.5 Å². The van der Waals surface area contributed by atoms with E-state index in [-0.39, 0.29) is 12.1 Å². The number of halogens is 1. The Morgan fingerprint density at radius 3 is 2.76 bits per heavy atom. The number of aryl methyl sites for hydroxylation is 2. The second kappa shape index (κ2) is 8.29. The molecule has 1 atom stereocenters. The Morgan fingerprint density at radius 2 is 2.00 bits per heavy atom. The monoisotopic (exact) mass is 408 g/mol. The summed E-state index contributed by atoms with van der Waals surface area (Å²) in [6.07, 6.45) is 1.90. The molecule has 1 saturated heterocycles. The molecule has 0 radical (unpaired) electrons. The third-order valence-corrected chi connectivity index (χ3v) is 5.74. The number of carbonyl (C=O) groups excluding carboxylic acids is 1. The van der Waals surface area contributed by atoms with Crippen molar-refractivity contribution in [2.24, 2.45) is 0 Å². The molecular formula is C23H25ClN4O. The first kappa shape index (κ1) is 19.5. The maximum atomic E-state index is 13.0. The molecule has 1 aromatic heterocycles. The highest BCUT2D eigenvalue weighted by Crippen LogP contribution is 2.36. The minimum Gasteiger partial charge on any atom is -0.317 e. The summed E-state index contributed by atoms with van der Waals surface area (Å²) in [7, 11) is 0. The van der Waals surface area contributed by atoms with Gasteiger partial charge in [0.05, 0.1) is 18.3 Å². The van der Waals surface area contributed by atoms with Crippen LogP contribution in [0.3, 0.4) is 0 Å². The Balaban J connectivity index is 1.48. The van der Waals surface area contributed by atoms with Gasteiger partial charge in [-0.15, -0.1) is 0 Å². The average molecular weight is 409 g/mol. The Bertz CT molecular complexity index is 1030. The molecule has 1 unspecified atom stereocenters. The molecule has 2 aromatic carbocycles. The molecular weight excluding hydrogens is 384 g/mol. The summed E-state index contributed by atoms with van der Waals surface area (Å²) in [5, 5.41) is 8.29. The van der Waals surface area contributed by atoms with E-state index in [1.54, 1.807) is 0 Å². The number of hydrogen-bond acceptors (Lipinski definition) is 2. The molecule has 4 rings (SSSR count). The smallest absolute Gasteiger partial charge is 0.317 e. The van der Waals surface area contributed by atoms with Gasteiger partial charge in [-0.05, 0) is 62.1 Å². The zero-order chi connectivity index (χ0) is 20.4. The van der Waals surface area contributed by atoms with Crippen molar-refractivity contribution in [1.29, 1.82) is 0 Å². The van der Waals surface area contributed by atoms with E-state index in [9.17, 15) is 4.79 Å². The number of hydrogen-bond donors (Lipinski definition) is 1. The van der Waals surface area contributed by atoms with Crippen molar-refractivity contribution in [3.8, 4) is 0 Å². The first-order valence-electron chi connectivity index (χ1n) is 9.93. The summed E-state index contributed by atoms with van der Waals surface area (Å²) in [5.74, 6) is 0. The maximum Gasteiger partial charge on any atom is 0.322 e. The molecule has 29 heavy (non-hydrogen) atoms. The van der Waals surface area contributed by atoms with Crippen LogP contribution >= 0.6 is 11.6 Å². The fourth-order valence-corrected chi connectivity index (χ4v) is 4.29. The second-order valence-electron chi connectivity index (χ2n) is 7.59. The van der Waals surface area contributed by atoms with Gasteiger partial charge < -0.3 is 10.2 Å². The van der Waals surface area contributed by atoms with Crippen molar-refractivity contribution in [3.63, 3.8) is 0 Å². The fraction of sp³-hybridized carbons (Fsp3) is 0.304. The number of rotatable bonds is 4. The molecule has 6 heteroatoms. The van der Waals surface area contributed by atoms with Gasteiger partial charge in [0.25, 0.3) is 0 Å². The number of nitrogens with zero attached hydrogens (tertiary/aromatic N) is 3. The van der Waals surface area contributed by atoms with E-state index in [2.05, 4.69) is 22.5 Å². The van der Waals surface area contributed by atoms with Gasteiger partial charge in [-0.1, -0.05) is 41.9 Å². The third kappa shape index (κ3) is 4.30. The predicted molar refractivity (Wildman–Crippen MR) is 116 cm³/mol. The fourth-order valence-electron chi connectivity index (χ4n) is 4.03. The highest BCUT2D eigenvalue weighted by Gasteiger charge is 2.31. The molecule has 1 aliphatic heterocycles. The molecule has 1 aliphatic rings. The van der Waals surface area contributed by atoms with Crippen molar-refractivity contribution in [2.75, 3.05) is 11.9 Å². The quantitative estimate of drug-likeness (QED) is 0.613. The number of carbonyl (C=O) groups is 1. The largest absolute Gasteiger partial charge is 0.322 e. The van der Waals surface area contributed by atoms with Gasteiger partial charge in [-0.3, -0.25) is 4.68 Å². The van der Waals surface area contributed by atoms with E-state index in [0.717, 1.165) is 47.6 Å². The standard InChI is InChI=1S/C23H25ClN4O/c1-16-13-17(2)28(26-16)15-18-7-5-8-19(14-18)25-23(29)27-12-6-11-22(27)20-9-3-4-10-21(20)24/h3-5,7-10,13-14,22H,6,11-12,15H2,1-2H3,(H,25,29). The number of benzene rings is 2. The van der Waals surface area contributed by atoms with Crippen LogP contribution in [0, 0.1) is 13.8 Å². The van der Waals surface area contributed by atoms with Crippen molar-refractivity contribution >= 4 is 23.3 Å². The topological polar surface area (TPSA) is 50.2 Å². The van der Waals surface area contributed by atoms with Gasteiger partial charge >= 0.3 is 6.03 Å². The van der Waals surface area contributed by atoms with E-state index in [1.165, 1.54) is 0 Å². The van der Waals surface area contributed by atoms with Crippen LogP contribution in [-0.4, -0.2) is 27.3 Å². The van der Waals surface area contributed by atoms with Crippen LogP contribution in [-0.2, 0) is 6.54 Å². The highest BCUT2D eigenvalue weighted by atomic mass is 35.5. The summed E-state index contributed by atoms with van der Waals surface area (Å²) >= 11 is 6.38. The summed E-state index contributed by atoms with van der Waals surface area (Å²) in [6.45, 7) is 5.45. The van der Waals surface area contributed by atoms with Gasteiger partial charge in [0, 0.05) is 22.9 Å². The Kier molecular flexibility index (Phi) is 5.58. The zero-order valence-corrected chi connectivity index (χ0v) is 17.5. The van der Waals surface area contributed by atoms with Gasteiger partial charge in [0.1, 0.15) is 0 Å². The normalized spacial score (nSPS) is 16.2. The number of nitrogens with one attached hydrogen (secondary N) is 1. The Hall–Kier alpha value is -2.79. The van der Waals surface area contributed by atoms with Crippen LogP contribution < -0.4 is 5.32 Å². The first-order valence-corrected chi connectivity index (χ1v) is 10.3. The van der Waals surface area contributed by atoms with Crippen LogP contribution in [0.1, 0.15) is 41.4 Å². The van der Waals surface area contributed by atoms with Gasteiger partial charge in [-0.25, -0.2) is 4.79 Å². The zero-order valence-electron chi connectivity index (χ0n) is 16.7. The third-order valence-electron chi connectivity index (χ3n) is 5.39. The lowest BCUT2D eigenvalue weighted by Crippen LogP contribution is -2.34. The molecule has 5 nitrogen and oxygen atoms in total. The lowest BCUT2D eigenvalue weighted by atomic mass is 10.0. The Labute approximate surface area is 176 Å². The minimum atomic E-state index is -0.0873. The summed E-state index contributed by atoms with van der Waals surface area (Å²) in [5.41, 5.74) is 5.03. The SMILES string of the molecule is Cc1cc(C)n(Cc2cccc(NC(=O)N3CCCC3c3ccccc3Cl)c2)n1. The molecule has 2 heterocycles. The van der Waals surface area contributed by atoms with Crippen molar-refractivity contribution < 1.29 is 4.79 Å². The van der Waals surface area contributed by atoms with E-state index in [0.29, 0.717) is 11.6 Å². The number of aromatic nitrogens is 2. The number of urea groups is 1. The van der Waals surface area contributed by atoms with Gasteiger partial charge in [0.15, 0.2) is 0 Å². The van der Waals surface area contributed by atoms with Crippen molar-refractivity contribution in [1.82, 2.24) is 14.7 Å². The van der Waals surface area contributed by atoms with E-state index >= 15 is 0 Å². The lowest BCUT2D eigenvalue weighted by molar-refractivity contribution is 0.207. The number of likely N-dealkylation sites (tertiary alicyclic amines) is 1. The molecule has 0 bridgehead atoms. The predicted octanol–water partition coefficient (Wildman–Crippen LogP) is 5.57. The van der Waals surface area contributed by atoms with E-state index in [4.69, 9.17) is 11.6 Å². The van der Waals surface area contributed by atoms with Crippen molar-refractivity contribution in [3.05, 3.63) is 82.1 Å². The molecule has 0 aliphatic carbocycles. The molecule has 2 amide bonds. The van der Waals surface area contributed by atoms with Gasteiger partial charge in [-0.2, -0.15) is 5.10 Å². The van der Waals surface area contributed by atoms with Crippen molar-refractivity contribution in [2.45, 2.75) is 39.3 Å². The average Bonchev–Trinajstić information content (AvgIpc) is 3.29. The van der Waals surface area contributed by atoms with Crippen LogP contribution in [0.5, 0.6) is 0 Å². The molecule has 0 spiro atoms. The highest BCUT2D eigenvalue weighted by molar-refractivity contribution is 6.31. The lowest BCUT2D eigenvalue weighted by Gasteiger charge is -2.26. The number of amides is 2. The van der Waals surface area contributed by atoms with E-state index < -0.39 is 0 Å². The Morgan fingerprint density at radius 1 is 1.17 bits per heavy atom. The molecule has 0 saturated carbocycles. The maximum absolute atomic E-state index is 13.0. The molecule has 1 fully saturated rings.